The van der Waals surface area contributed by atoms with Crippen LogP contribution in [0.4, 0.5) is 11.5 Å². The Kier molecular flexibility index (Phi) is 4.46. The Morgan fingerprint density at radius 3 is 3.00 bits per heavy atom. The van der Waals surface area contributed by atoms with Gasteiger partial charge in [-0.15, -0.1) is 0 Å². The smallest absolute Gasteiger partial charge is 0.288 e. The monoisotopic (exact) mass is 343 g/mol. The van der Waals surface area contributed by atoms with Crippen molar-refractivity contribution in [1.82, 2.24) is 4.98 Å². The third-order valence-electron chi connectivity index (χ3n) is 2.43. The quantitative estimate of drug-likeness (QED) is 0.643. The number of anilines is 1. The van der Waals surface area contributed by atoms with Crippen LogP contribution in [-0.2, 0) is 0 Å². The largest absolute Gasteiger partial charge is 0.387 e. The van der Waals surface area contributed by atoms with Gasteiger partial charge >= 0.3 is 0 Å². The highest BCUT2D eigenvalue weighted by Crippen LogP contribution is 2.25. The maximum atomic E-state index is 10.6. The van der Waals surface area contributed by atoms with Crippen LogP contribution in [0.2, 0.25) is 0 Å². The van der Waals surface area contributed by atoms with Gasteiger partial charge in [-0.05, 0) is 38.3 Å². The Labute approximate surface area is 121 Å². The number of nitrogens with zero attached hydrogens (tertiary/aromatic N) is 2. The second-order valence-corrected chi connectivity index (χ2v) is 5.37. The first kappa shape index (κ1) is 13.9. The molecule has 0 aromatic carbocycles. The number of aliphatic hydroxyl groups excluding tert-OH is 1. The summed E-state index contributed by atoms with van der Waals surface area (Å²) < 4.78 is 0.485. The molecule has 0 amide bonds. The first-order chi connectivity index (χ1) is 9.08. The molecule has 6 nitrogen and oxygen atoms in total. The van der Waals surface area contributed by atoms with E-state index in [0.717, 1.165) is 5.56 Å². The lowest BCUT2D eigenvalue weighted by Gasteiger charge is -2.11. The molecule has 0 spiro atoms. The van der Waals surface area contributed by atoms with Crippen molar-refractivity contribution < 1.29 is 10.0 Å². The van der Waals surface area contributed by atoms with Crippen LogP contribution in [0.1, 0.15) is 11.7 Å². The van der Waals surface area contributed by atoms with E-state index in [4.69, 9.17) is 0 Å². The number of hydrogen-bond donors (Lipinski definition) is 2. The number of nitrogens with one attached hydrogen (secondary N) is 1. The molecule has 1 unspecified atom stereocenters. The molecule has 2 heterocycles. The molecule has 0 aliphatic rings. The Bertz CT molecular complexity index is 577. The average Bonchev–Trinajstić information content (AvgIpc) is 2.90. The second kappa shape index (κ2) is 6.09. The number of halogens is 1. The molecule has 0 aliphatic carbocycles. The molecular formula is C11H10BrN3O3S. The van der Waals surface area contributed by atoms with Crippen molar-refractivity contribution in [2.24, 2.45) is 0 Å². The van der Waals surface area contributed by atoms with E-state index in [-0.39, 0.29) is 12.2 Å². The number of nitro groups is 1. The van der Waals surface area contributed by atoms with Gasteiger partial charge in [0, 0.05) is 12.6 Å². The molecule has 2 rings (SSSR count). The lowest BCUT2D eigenvalue weighted by Crippen LogP contribution is -2.12. The average molecular weight is 344 g/mol. The fraction of sp³-hybridized carbons (Fsp3) is 0.182. The second-order valence-electron chi connectivity index (χ2n) is 3.73. The van der Waals surface area contributed by atoms with Gasteiger partial charge < -0.3 is 10.4 Å². The number of pyridine rings is 1. The van der Waals surface area contributed by atoms with Crippen LogP contribution in [0.3, 0.4) is 0 Å². The standard InChI is InChI=1S/C11H10BrN3O3S/c12-9-3-8(15(17)18)4-13-11(9)14-5-10(16)7-1-2-19-6-7/h1-4,6,10,16H,5H2,(H,13,14). The number of thiophene rings is 1. The summed E-state index contributed by atoms with van der Waals surface area (Å²) >= 11 is 4.72. The molecule has 8 heteroatoms. The van der Waals surface area contributed by atoms with E-state index in [1.54, 1.807) is 0 Å². The molecule has 2 aromatic rings. The highest BCUT2D eigenvalue weighted by atomic mass is 79.9. The summed E-state index contributed by atoms with van der Waals surface area (Å²) in [5.41, 5.74) is 0.742. The fourth-order valence-electron chi connectivity index (χ4n) is 1.43. The minimum absolute atomic E-state index is 0.0872. The predicted octanol–water partition coefficient (Wildman–Crippen LogP) is 2.96. The van der Waals surface area contributed by atoms with Crippen LogP contribution in [0.15, 0.2) is 33.6 Å². The van der Waals surface area contributed by atoms with Gasteiger partial charge in [-0.3, -0.25) is 10.1 Å². The molecule has 100 valence electrons. The highest BCUT2D eigenvalue weighted by molar-refractivity contribution is 9.10. The summed E-state index contributed by atoms with van der Waals surface area (Å²) in [5, 5.41) is 27.2. The van der Waals surface area contributed by atoms with Crippen molar-refractivity contribution in [3.8, 4) is 0 Å². The first-order valence-corrected chi connectivity index (χ1v) is 7.05. The third-order valence-corrected chi connectivity index (χ3v) is 3.73. The lowest BCUT2D eigenvalue weighted by molar-refractivity contribution is -0.385. The summed E-state index contributed by atoms with van der Waals surface area (Å²) in [7, 11) is 0. The Balaban J connectivity index is 2.02. The van der Waals surface area contributed by atoms with Crippen LogP contribution in [0.25, 0.3) is 0 Å². The summed E-state index contributed by atoms with van der Waals surface area (Å²) in [5.74, 6) is 0.458. The zero-order valence-corrected chi connectivity index (χ0v) is 12.0. The molecule has 0 radical (unpaired) electrons. The zero-order chi connectivity index (χ0) is 13.8. The number of hydrogen-bond acceptors (Lipinski definition) is 6. The molecule has 0 aliphatic heterocycles. The number of aliphatic hydroxyl groups is 1. The molecule has 0 saturated heterocycles. The van der Waals surface area contributed by atoms with Crippen LogP contribution in [0.5, 0.6) is 0 Å². The number of aromatic nitrogens is 1. The summed E-state index contributed by atoms with van der Waals surface area (Å²) in [6.07, 6.45) is 0.527. The molecule has 0 fully saturated rings. The van der Waals surface area contributed by atoms with E-state index in [2.05, 4.69) is 26.2 Å². The van der Waals surface area contributed by atoms with Crippen LogP contribution < -0.4 is 5.32 Å². The van der Waals surface area contributed by atoms with Gasteiger partial charge in [0.25, 0.3) is 5.69 Å². The van der Waals surface area contributed by atoms with E-state index >= 15 is 0 Å². The van der Waals surface area contributed by atoms with Crippen LogP contribution in [-0.4, -0.2) is 21.6 Å². The van der Waals surface area contributed by atoms with E-state index < -0.39 is 11.0 Å². The van der Waals surface area contributed by atoms with Crippen molar-refractivity contribution >= 4 is 38.8 Å². The number of rotatable bonds is 5. The molecule has 1 atom stereocenters. The van der Waals surface area contributed by atoms with Crippen molar-refractivity contribution in [2.45, 2.75) is 6.10 Å². The highest BCUT2D eigenvalue weighted by Gasteiger charge is 2.12. The Morgan fingerprint density at radius 2 is 2.42 bits per heavy atom. The fourth-order valence-corrected chi connectivity index (χ4v) is 2.62. The van der Waals surface area contributed by atoms with Gasteiger partial charge in [0.15, 0.2) is 0 Å². The first-order valence-electron chi connectivity index (χ1n) is 5.32. The summed E-state index contributed by atoms with van der Waals surface area (Å²) in [6, 6.07) is 3.21. The molecule has 2 N–H and O–H groups in total. The molecule has 2 aromatic heterocycles. The maximum absolute atomic E-state index is 10.6. The zero-order valence-electron chi connectivity index (χ0n) is 9.62. The van der Waals surface area contributed by atoms with E-state index in [1.807, 2.05) is 16.8 Å². The Morgan fingerprint density at radius 1 is 1.63 bits per heavy atom. The normalized spacial score (nSPS) is 12.1. The molecule has 0 bridgehead atoms. The maximum Gasteiger partial charge on any atom is 0.288 e. The van der Waals surface area contributed by atoms with Gasteiger partial charge in [0.1, 0.15) is 12.0 Å². The van der Waals surface area contributed by atoms with E-state index in [0.29, 0.717) is 10.3 Å². The Hall–Kier alpha value is -1.51. The van der Waals surface area contributed by atoms with Crippen LogP contribution >= 0.6 is 27.3 Å². The van der Waals surface area contributed by atoms with Gasteiger partial charge in [-0.1, -0.05) is 0 Å². The summed E-state index contributed by atoms with van der Waals surface area (Å²) in [4.78, 5) is 14.0. The van der Waals surface area contributed by atoms with Gasteiger partial charge in [-0.25, -0.2) is 4.98 Å². The van der Waals surface area contributed by atoms with Gasteiger partial charge in [0.2, 0.25) is 0 Å². The van der Waals surface area contributed by atoms with Crippen molar-refractivity contribution in [3.05, 3.63) is 49.2 Å². The van der Waals surface area contributed by atoms with E-state index in [9.17, 15) is 15.2 Å². The topological polar surface area (TPSA) is 88.3 Å². The van der Waals surface area contributed by atoms with Gasteiger partial charge in [-0.2, -0.15) is 11.3 Å². The van der Waals surface area contributed by atoms with Gasteiger partial charge in [0.05, 0.1) is 15.5 Å². The van der Waals surface area contributed by atoms with Crippen molar-refractivity contribution in [1.29, 1.82) is 0 Å². The minimum Gasteiger partial charge on any atom is -0.387 e. The van der Waals surface area contributed by atoms with Crippen molar-refractivity contribution in [3.63, 3.8) is 0 Å². The lowest BCUT2D eigenvalue weighted by atomic mass is 10.2. The predicted molar refractivity (Wildman–Crippen MR) is 76.4 cm³/mol. The van der Waals surface area contributed by atoms with Crippen LogP contribution in [0, 0.1) is 10.1 Å². The van der Waals surface area contributed by atoms with E-state index in [1.165, 1.54) is 23.6 Å². The third kappa shape index (κ3) is 3.49. The van der Waals surface area contributed by atoms with Crippen molar-refractivity contribution in [2.75, 3.05) is 11.9 Å². The minimum atomic E-state index is -0.643. The molecule has 0 saturated carbocycles. The SMILES string of the molecule is O=[N+]([O-])c1cnc(NCC(O)c2ccsc2)c(Br)c1. The molecular weight excluding hydrogens is 334 g/mol. The summed E-state index contributed by atoms with van der Waals surface area (Å²) in [6.45, 7) is 0.278. The molecule has 19 heavy (non-hydrogen) atoms.